The summed E-state index contributed by atoms with van der Waals surface area (Å²) >= 11 is 5.23. The molecule has 34 heavy (non-hydrogen) atoms. The molecule has 0 aliphatic rings. The molecule has 5 N–H and O–H groups in total. The molecule has 0 saturated carbocycles. The lowest BCUT2D eigenvalue weighted by molar-refractivity contribution is 0.353. The highest BCUT2D eigenvalue weighted by atomic mass is 32.2. The molecule has 1 aromatic heterocycles. The lowest BCUT2D eigenvalue weighted by Crippen LogP contribution is -2.19. The quantitative estimate of drug-likeness (QED) is 0.316. The largest absolute Gasteiger partial charge is 0.481 e. The third kappa shape index (κ3) is 6.50. The van der Waals surface area contributed by atoms with E-state index in [1.54, 1.807) is 0 Å². The van der Waals surface area contributed by atoms with Crippen molar-refractivity contribution in [3.63, 3.8) is 0 Å². The number of aromatic nitrogens is 2. The van der Waals surface area contributed by atoms with Crippen LogP contribution in [0.15, 0.2) is 64.4 Å². The molecule has 1 heterocycles. The fourth-order valence-corrected chi connectivity index (χ4v) is 4.33. The maximum absolute atomic E-state index is 12.7. The monoisotopic (exact) mass is 524 g/mol. The molecule has 0 atom stereocenters. The Morgan fingerprint density at radius 2 is 1.38 bits per heavy atom. The smallest absolute Gasteiger partial charge is 0.321 e. The van der Waals surface area contributed by atoms with E-state index in [2.05, 4.69) is 25.3 Å². The number of nitrogens with two attached hydrogens (primary N) is 1. The average Bonchev–Trinajstić information content (AvgIpc) is 2.78. The fourth-order valence-electron chi connectivity index (χ4n) is 2.59. The van der Waals surface area contributed by atoms with E-state index in [1.165, 1.54) is 68.8 Å². The first kappa shape index (κ1) is 25.1. The number of primary sulfonamides is 1. The number of ether oxygens (including phenoxy) is 2. The Bertz CT molecular complexity index is 1370. The van der Waals surface area contributed by atoms with Crippen LogP contribution in [-0.4, -0.2) is 46.1 Å². The van der Waals surface area contributed by atoms with Crippen LogP contribution in [0.2, 0.25) is 0 Å². The zero-order chi connectivity index (χ0) is 24.9. The number of rotatable bonds is 8. The Balaban J connectivity index is 1.66. The third-order valence-electron chi connectivity index (χ3n) is 4.18. The topological polar surface area (TPSA) is 175 Å². The van der Waals surface area contributed by atoms with Crippen molar-refractivity contribution < 1.29 is 26.3 Å². The molecule has 180 valence electrons. The summed E-state index contributed by atoms with van der Waals surface area (Å²) in [7, 11) is -5.03. The van der Waals surface area contributed by atoms with E-state index in [0.717, 1.165) is 0 Å². The number of anilines is 3. The van der Waals surface area contributed by atoms with Gasteiger partial charge < -0.3 is 20.1 Å². The van der Waals surface area contributed by atoms with Gasteiger partial charge in [0, 0.05) is 17.4 Å². The van der Waals surface area contributed by atoms with E-state index >= 15 is 0 Å². The molecule has 0 fully saturated rings. The van der Waals surface area contributed by atoms with E-state index in [9.17, 15) is 16.8 Å². The molecule has 0 radical (unpaired) electrons. The average molecular weight is 525 g/mol. The van der Waals surface area contributed by atoms with Crippen molar-refractivity contribution >= 4 is 54.6 Å². The second kappa shape index (κ2) is 10.2. The molecule has 0 spiro atoms. The van der Waals surface area contributed by atoms with Crippen LogP contribution in [0.1, 0.15) is 0 Å². The van der Waals surface area contributed by atoms with Crippen LogP contribution >= 0.6 is 12.2 Å². The summed E-state index contributed by atoms with van der Waals surface area (Å²) in [6.45, 7) is 0. The van der Waals surface area contributed by atoms with Crippen LogP contribution in [0.5, 0.6) is 11.9 Å². The second-order valence-electron chi connectivity index (χ2n) is 6.56. The van der Waals surface area contributed by atoms with E-state index in [1.807, 2.05) is 0 Å². The van der Waals surface area contributed by atoms with E-state index in [0.29, 0.717) is 11.4 Å². The first-order valence-corrected chi connectivity index (χ1v) is 12.7. The molecule has 12 nitrogen and oxygen atoms in total. The molecule has 2 aromatic carbocycles. The Morgan fingerprint density at radius 3 is 1.85 bits per heavy atom. The number of methoxy groups -OCH3 is 2. The van der Waals surface area contributed by atoms with Gasteiger partial charge >= 0.3 is 6.01 Å². The van der Waals surface area contributed by atoms with Crippen LogP contribution in [0.3, 0.4) is 0 Å². The second-order valence-corrected chi connectivity index (χ2v) is 10.2. The Hall–Kier alpha value is -3.53. The SMILES string of the molecule is COc1cc(NS(=O)(=O)c2ccc(NC(=S)Nc3ccc(S(N)(=O)=O)cc3)cc2)nc(OC)n1. The van der Waals surface area contributed by atoms with E-state index in [4.69, 9.17) is 26.8 Å². The van der Waals surface area contributed by atoms with E-state index in [-0.39, 0.29) is 32.6 Å². The molecule has 0 aliphatic heterocycles. The Kier molecular flexibility index (Phi) is 7.51. The first-order valence-electron chi connectivity index (χ1n) is 9.31. The van der Waals surface area contributed by atoms with Crippen molar-refractivity contribution in [3.8, 4) is 11.9 Å². The first-order chi connectivity index (χ1) is 16.0. The minimum atomic E-state index is -3.96. The molecule has 0 unspecified atom stereocenters. The van der Waals surface area contributed by atoms with Crippen molar-refractivity contribution in [1.82, 2.24) is 9.97 Å². The van der Waals surface area contributed by atoms with Gasteiger partial charge in [-0.1, -0.05) is 0 Å². The van der Waals surface area contributed by atoms with Gasteiger partial charge in [0.05, 0.1) is 24.0 Å². The maximum atomic E-state index is 12.7. The summed E-state index contributed by atoms with van der Waals surface area (Å²) in [6.07, 6.45) is 0. The van der Waals surface area contributed by atoms with Crippen LogP contribution in [0, 0.1) is 0 Å². The van der Waals surface area contributed by atoms with Crippen molar-refractivity contribution in [2.45, 2.75) is 9.79 Å². The molecule has 0 amide bonds. The number of thiocarbonyl (C=S) groups is 1. The van der Waals surface area contributed by atoms with Crippen LogP contribution < -0.4 is 30.0 Å². The molecular formula is C19H20N6O6S3. The van der Waals surface area contributed by atoms with Gasteiger partial charge in [-0.3, -0.25) is 4.72 Å². The normalized spacial score (nSPS) is 11.4. The fraction of sp³-hybridized carbons (Fsp3) is 0.105. The zero-order valence-corrected chi connectivity index (χ0v) is 20.3. The molecule has 0 aliphatic carbocycles. The van der Waals surface area contributed by atoms with Gasteiger partial charge in [0.2, 0.25) is 15.9 Å². The van der Waals surface area contributed by atoms with Gasteiger partial charge in [-0.15, -0.1) is 0 Å². The highest BCUT2D eigenvalue weighted by molar-refractivity contribution is 7.92. The summed E-state index contributed by atoms with van der Waals surface area (Å²) in [6, 6.07) is 12.8. The summed E-state index contributed by atoms with van der Waals surface area (Å²) in [5.74, 6) is 0.106. The highest BCUT2D eigenvalue weighted by Gasteiger charge is 2.17. The highest BCUT2D eigenvalue weighted by Crippen LogP contribution is 2.22. The summed E-state index contributed by atoms with van der Waals surface area (Å²) in [4.78, 5) is 7.80. The van der Waals surface area contributed by atoms with Crippen LogP contribution in [0.25, 0.3) is 0 Å². The zero-order valence-electron chi connectivity index (χ0n) is 17.8. The number of benzene rings is 2. The third-order valence-corrected chi connectivity index (χ3v) is 6.68. The lowest BCUT2D eigenvalue weighted by atomic mass is 10.3. The van der Waals surface area contributed by atoms with E-state index < -0.39 is 20.0 Å². The lowest BCUT2D eigenvalue weighted by Gasteiger charge is -2.12. The number of nitrogens with one attached hydrogen (secondary N) is 3. The van der Waals surface area contributed by atoms with Gasteiger partial charge in [0.1, 0.15) is 0 Å². The number of hydrogen-bond donors (Lipinski definition) is 4. The van der Waals surface area contributed by atoms with Gasteiger partial charge in [-0.05, 0) is 60.7 Å². The van der Waals surface area contributed by atoms with Crippen molar-refractivity contribution in [3.05, 3.63) is 54.6 Å². The standard InChI is InChI=1S/C19H20N6O6S3/c1-30-17-11-16(23-18(24-17)31-2)25-34(28,29)15-9-5-13(6-10-15)22-19(32)21-12-3-7-14(8-4-12)33(20,26)27/h3-11H,1-2H3,(H2,20,26,27)(H2,21,22,32)(H,23,24,25). The summed E-state index contributed by atoms with van der Waals surface area (Å²) in [5, 5.41) is 11.1. The van der Waals surface area contributed by atoms with Crippen molar-refractivity contribution in [2.75, 3.05) is 29.6 Å². The predicted octanol–water partition coefficient (Wildman–Crippen LogP) is 1.75. The van der Waals surface area contributed by atoms with Gasteiger partial charge in [0.15, 0.2) is 10.9 Å². The van der Waals surface area contributed by atoms with Gasteiger partial charge in [0.25, 0.3) is 10.0 Å². The maximum Gasteiger partial charge on any atom is 0.321 e. The number of sulfonamides is 2. The predicted molar refractivity (Wildman–Crippen MR) is 130 cm³/mol. The van der Waals surface area contributed by atoms with Crippen molar-refractivity contribution in [1.29, 1.82) is 0 Å². The Labute approximate surface area is 201 Å². The molecule has 3 rings (SSSR count). The molecular weight excluding hydrogens is 504 g/mol. The van der Waals surface area contributed by atoms with Crippen LogP contribution in [0.4, 0.5) is 17.2 Å². The molecule has 0 saturated heterocycles. The summed E-state index contributed by atoms with van der Waals surface area (Å²) < 4.78 is 60.4. The number of hydrogen-bond acceptors (Lipinski definition) is 9. The van der Waals surface area contributed by atoms with Gasteiger partial charge in [-0.2, -0.15) is 9.97 Å². The summed E-state index contributed by atoms with van der Waals surface area (Å²) in [5.41, 5.74) is 1.05. The Morgan fingerprint density at radius 1 is 0.853 bits per heavy atom. The van der Waals surface area contributed by atoms with Gasteiger partial charge in [-0.25, -0.2) is 22.0 Å². The molecule has 0 bridgehead atoms. The minimum absolute atomic E-state index is 0.0212. The molecule has 15 heteroatoms. The van der Waals surface area contributed by atoms with Crippen molar-refractivity contribution in [2.24, 2.45) is 5.14 Å². The molecule has 3 aromatic rings. The minimum Gasteiger partial charge on any atom is -0.481 e. The van der Waals surface area contributed by atoms with Crippen LogP contribution in [-0.2, 0) is 20.0 Å². The number of nitrogens with zero attached hydrogens (tertiary/aromatic N) is 2.